The maximum Gasteiger partial charge on any atom is 0.246 e. The SMILES string of the molecule is C=CC(=O)N1CC[N+](C)(C)[C@H](c2cc(/C=C(\N)c3ccccc3O)c(N)[nH]2)C1. The fourth-order valence-electron chi connectivity index (χ4n) is 3.63. The van der Waals surface area contributed by atoms with Crippen LogP contribution in [0.1, 0.15) is 22.9 Å². The summed E-state index contributed by atoms with van der Waals surface area (Å²) in [6, 6.07) is 8.92. The molecule has 0 aliphatic carbocycles. The first kappa shape index (κ1) is 19.6. The summed E-state index contributed by atoms with van der Waals surface area (Å²) >= 11 is 0. The number of aromatic hydroxyl groups is 1. The fourth-order valence-corrected chi connectivity index (χ4v) is 3.63. The maximum absolute atomic E-state index is 12.1. The van der Waals surface area contributed by atoms with Crippen molar-refractivity contribution in [3.8, 4) is 5.75 Å². The molecule has 6 N–H and O–H groups in total. The highest BCUT2D eigenvalue weighted by atomic mass is 16.3. The van der Waals surface area contributed by atoms with Gasteiger partial charge in [-0.2, -0.15) is 0 Å². The van der Waals surface area contributed by atoms with Gasteiger partial charge in [0.25, 0.3) is 0 Å². The first-order valence-corrected chi connectivity index (χ1v) is 9.21. The number of anilines is 1. The molecule has 1 amide bonds. The predicted octanol–water partition coefficient (Wildman–Crippen LogP) is 1.90. The van der Waals surface area contributed by atoms with E-state index in [-0.39, 0.29) is 17.7 Å². The van der Waals surface area contributed by atoms with E-state index in [1.165, 1.54) is 6.08 Å². The zero-order chi connectivity index (χ0) is 20.5. The monoisotopic (exact) mass is 382 g/mol. The number of aromatic amines is 1. The van der Waals surface area contributed by atoms with Gasteiger partial charge in [-0.1, -0.05) is 18.7 Å². The van der Waals surface area contributed by atoms with Gasteiger partial charge in [-0.15, -0.1) is 0 Å². The van der Waals surface area contributed by atoms with Crippen LogP contribution in [0.2, 0.25) is 0 Å². The molecule has 1 aliphatic rings. The molecule has 28 heavy (non-hydrogen) atoms. The van der Waals surface area contributed by atoms with Crippen LogP contribution >= 0.6 is 0 Å². The van der Waals surface area contributed by atoms with Gasteiger partial charge >= 0.3 is 0 Å². The van der Waals surface area contributed by atoms with Gasteiger partial charge in [0.05, 0.1) is 39.4 Å². The highest BCUT2D eigenvalue weighted by Gasteiger charge is 2.38. The number of phenols is 1. The average molecular weight is 382 g/mol. The number of carbonyl (C=O) groups is 1. The molecule has 1 aromatic heterocycles. The second-order valence-corrected chi connectivity index (χ2v) is 7.72. The van der Waals surface area contributed by atoms with Gasteiger partial charge in [0.1, 0.15) is 17.6 Å². The smallest absolute Gasteiger partial charge is 0.246 e. The Bertz CT molecular complexity index is 929. The van der Waals surface area contributed by atoms with Gasteiger partial charge in [0.2, 0.25) is 5.91 Å². The number of likely N-dealkylation sites (N-methyl/N-ethyl adjacent to an activating group) is 1. The molecule has 2 aromatic rings. The molecular weight excluding hydrogens is 354 g/mol. The third-order valence-electron chi connectivity index (χ3n) is 5.46. The lowest BCUT2D eigenvalue weighted by Crippen LogP contribution is -2.57. The van der Waals surface area contributed by atoms with Gasteiger partial charge in [0, 0.05) is 16.8 Å². The van der Waals surface area contributed by atoms with Crippen LogP contribution in [0.4, 0.5) is 5.82 Å². The summed E-state index contributed by atoms with van der Waals surface area (Å²) in [5.41, 5.74) is 15.1. The normalized spacial score (nSPS) is 19.4. The molecule has 0 radical (unpaired) electrons. The van der Waals surface area contributed by atoms with E-state index in [1.807, 2.05) is 17.0 Å². The minimum atomic E-state index is -0.0619. The topological polar surface area (TPSA) is 108 Å². The van der Waals surface area contributed by atoms with E-state index in [0.717, 1.165) is 22.3 Å². The number of quaternary nitrogens is 1. The Morgan fingerprint density at radius 1 is 1.39 bits per heavy atom. The van der Waals surface area contributed by atoms with E-state index in [4.69, 9.17) is 11.5 Å². The summed E-state index contributed by atoms with van der Waals surface area (Å²) in [6.07, 6.45) is 3.10. The first-order valence-electron chi connectivity index (χ1n) is 9.21. The summed E-state index contributed by atoms with van der Waals surface area (Å²) in [5, 5.41) is 10.0. The van der Waals surface area contributed by atoms with Gasteiger partial charge in [-0.05, 0) is 30.4 Å². The molecule has 148 valence electrons. The van der Waals surface area contributed by atoms with E-state index >= 15 is 0 Å². The minimum Gasteiger partial charge on any atom is -0.507 e. The number of hydrogen-bond donors (Lipinski definition) is 4. The predicted molar refractivity (Wildman–Crippen MR) is 112 cm³/mol. The molecule has 1 aromatic carbocycles. The van der Waals surface area contributed by atoms with E-state index in [2.05, 4.69) is 25.7 Å². The summed E-state index contributed by atoms with van der Waals surface area (Å²) in [7, 11) is 4.28. The van der Waals surface area contributed by atoms with Gasteiger partial charge in [-0.3, -0.25) is 4.79 Å². The molecule has 1 atom stereocenters. The Labute approximate surface area is 165 Å². The van der Waals surface area contributed by atoms with Crippen molar-refractivity contribution in [1.82, 2.24) is 9.88 Å². The summed E-state index contributed by atoms with van der Waals surface area (Å²) in [4.78, 5) is 17.1. The lowest BCUT2D eigenvalue weighted by Gasteiger charge is -2.45. The number of rotatable bonds is 4. The number of nitrogens with two attached hydrogens (primary N) is 2. The van der Waals surface area contributed by atoms with E-state index in [0.29, 0.717) is 30.2 Å². The van der Waals surface area contributed by atoms with Gasteiger partial charge in [-0.25, -0.2) is 0 Å². The van der Waals surface area contributed by atoms with E-state index < -0.39 is 0 Å². The minimum absolute atomic E-state index is 0.0495. The van der Waals surface area contributed by atoms with Crippen LogP contribution in [-0.4, -0.2) is 59.1 Å². The Kier molecular flexibility index (Phi) is 5.20. The molecule has 2 heterocycles. The lowest BCUT2D eigenvalue weighted by molar-refractivity contribution is -0.925. The molecule has 7 heteroatoms. The van der Waals surface area contributed by atoms with Crippen molar-refractivity contribution in [1.29, 1.82) is 0 Å². The molecule has 0 bridgehead atoms. The summed E-state index contributed by atoms with van der Waals surface area (Å²) < 4.78 is 0.735. The second-order valence-electron chi connectivity index (χ2n) is 7.72. The number of aromatic nitrogens is 1. The highest BCUT2D eigenvalue weighted by Crippen LogP contribution is 2.32. The van der Waals surface area contributed by atoms with Crippen molar-refractivity contribution in [3.05, 3.63) is 59.8 Å². The van der Waals surface area contributed by atoms with Crippen LogP contribution in [-0.2, 0) is 4.79 Å². The van der Waals surface area contributed by atoms with Crippen molar-refractivity contribution in [2.45, 2.75) is 6.04 Å². The molecule has 0 unspecified atom stereocenters. The Hall–Kier alpha value is -3.19. The quantitative estimate of drug-likeness (QED) is 0.478. The fraction of sp³-hybridized carbons (Fsp3) is 0.286. The molecule has 7 nitrogen and oxygen atoms in total. The van der Waals surface area contributed by atoms with Crippen molar-refractivity contribution in [2.24, 2.45) is 5.73 Å². The third-order valence-corrected chi connectivity index (χ3v) is 5.46. The first-order chi connectivity index (χ1) is 13.2. The van der Waals surface area contributed by atoms with Gasteiger partial charge in [0.15, 0.2) is 0 Å². The number of nitrogens with zero attached hydrogens (tertiary/aromatic N) is 2. The zero-order valence-electron chi connectivity index (χ0n) is 16.4. The van der Waals surface area contributed by atoms with Crippen molar-refractivity contribution in [3.63, 3.8) is 0 Å². The number of nitrogens with one attached hydrogen (secondary N) is 1. The van der Waals surface area contributed by atoms with Crippen LogP contribution in [0, 0.1) is 0 Å². The Balaban J connectivity index is 1.92. The Morgan fingerprint density at radius 3 is 2.79 bits per heavy atom. The lowest BCUT2D eigenvalue weighted by atomic mass is 10.0. The Morgan fingerprint density at radius 2 is 2.11 bits per heavy atom. The van der Waals surface area contributed by atoms with E-state index in [9.17, 15) is 9.90 Å². The number of para-hydroxylation sites is 1. The number of carbonyl (C=O) groups excluding carboxylic acids is 1. The van der Waals surface area contributed by atoms with E-state index in [1.54, 1.807) is 24.3 Å². The largest absolute Gasteiger partial charge is 0.507 e. The van der Waals surface area contributed by atoms with Crippen LogP contribution in [0.3, 0.4) is 0 Å². The molecule has 0 saturated carbocycles. The molecule has 1 aliphatic heterocycles. The van der Waals surface area contributed by atoms with Crippen molar-refractivity contribution >= 4 is 23.5 Å². The number of benzene rings is 1. The van der Waals surface area contributed by atoms with Crippen LogP contribution in [0.5, 0.6) is 5.75 Å². The molecule has 1 fully saturated rings. The molecule has 1 saturated heterocycles. The molecular formula is C21H28N5O2+. The second kappa shape index (κ2) is 7.44. The number of hydrogen-bond acceptors (Lipinski definition) is 4. The number of phenolic OH excluding ortho intramolecular Hbond substituents is 1. The zero-order valence-corrected chi connectivity index (χ0v) is 16.4. The maximum atomic E-state index is 12.1. The van der Waals surface area contributed by atoms with Gasteiger partial charge < -0.3 is 30.9 Å². The summed E-state index contributed by atoms with van der Waals surface area (Å²) in [5.74, 6) is 0.558. The molecule has 3 rings (SSSR count). The number of amides is 1. The van der Waals surface area contributed by atoms with Crippen molar-refractivity contribution in [2.75, 3.05) is 39.5 Å². The number of H-pyrrole nitrogens is 1. The standard InChI is InChI=1S/C21H27N5O2/c1-4-20(28)25-9-10-26(2,3)18(13-25)17-12-14(21(23)24-17)11-16(22)15-7-5-6-8-19(15)27/h4-8,11-12,18,24H,1,9-10,13,22-23H2,2-3H3/p+1/b16-11-/t18-/m0/s1. The molecule has 0 spiro atoms. The third kappa shape index (κ3) is 3.75. The average Bonchev–Trinajstić information content (AvgIpc) is 3.01. The van der Waals surface area contributed by atoms with Crippen LogP contribution < -0.4 is 11.5 Å². The number of nitrogen functional groups attached to an aromatic ring is 1. The van der Waals surface area contributed by atoms with Crippen molar-refractivity contribution < 1.29 is 14.4 Å². The highest BCUT2D eigenvalue weighted by molar-refractivity contribution is 5.87. The summed E-state index contributed by atoms with van der Waals surface area (Å²) in [6.45, 7) is 5.69. The van der Waals surface area contributed by atoms with Crippen LogP contribution in [0.25, 0.3) is 11.8 Å². The van der Waals surface area contributed by atoms with Crippen LogP contribution in [0.15, 0.2) is 43.0 Å². The number of piperazine rings is 1.